The molecule has 1 aromatic rings. The van der Waals surface area contributed by atoms with Gasteiger partial charge in [-0.15, -0.1) is 6.58 Å². The van der Waals surface area contributed by atoms with Crippen molar-refractivity contribution in [2.75, 3.05) is 6.54 Å². The molecule has 0 atom stereocenters. The Balaban J connectivity index is 2.92. The fourth-order valence-corrected chi connectivity index (χ4v) is 1.27. The van der Waals surface area contributed by atoms with E-state index in [1.54, 1.807) is 6.07 Å². The smallest absolute Gasteiger partial charge is 0.269 e. The Kier molecular flexibility index (Phi) is 4.99. The van der Waals surface area contributed by atoms with E-state index in [-0.39, 0.29) is 17.8 Å². The van der Waals surface area contributed by atoms with Gasteiger partial charge in [-0.2, -0.15) is 5.26 Å². The summed E-state index contributed by atoms with van der Waals surface area (Å²) in [6, 6.07) is 7.33. The van der Waals surface area contributed by atoms with E-state index in [2.05, 4.69) is 11.9 Å². The van der Waals surface area contributed by atoms with Crippen molar-refractivity contribution in [3.05, 3.63) is 58.2 Å². The van der Waals surface area contributed by atoms with Crippen molar-refractivity contribution in [1.29, 1.82) is 5.26 Å². The van der Waals surface area contributed by atoms with E-state index >= 15 is 0 Å². The Labute approximate surface area is 109 Å². The minimum atomic E-state index is -0.518. The summed E-state index contributed by atoms with van der Waals surface area (Å²) < 4.78 is 0. The first-order valence-electron chi connectivity index (χ1n) is 5.34. The molecule has 6 nitrogen and oxygen atoms in total. The Morgan fingerprint density at radius 2 is 2.11 bits per heavy atom. The molecule has 6 heteroatoms. The van der Waals surface area contributed by atoms with Crippen LogP contribution in [-0.2, 0) is 4.79 Å². The molecule has 1 amide bonds. The summed E-state index contributed by atoms with van der Waals surface area (Å²) in [4.78, 5) is 21.5. The maximum Gasteiger partial charge on any atom is 0.269 e. The number of carbonyl (C=O) groups excluding carboxylic acids is 1. The quantitative estimate of drug-likeness (QED) is 0.286. The lowest BCUT2D eigenvalue weighted by Gasteiger charge is -2.00. The van der Waals surface area contributed by atoms with Gasteiger partial charge in [0.1, 0.15) is 11.6 Å². The zero-order valence-electron chi connectivity index (χ0n) is 10.00. The van der Waals surface area contributed by atoms with E-state index in [0.717, 1.165) is 0 Å². The molecule has 0 aromatic heterocycles. The number of nitrogens with zero attached hydrogens (tertiary/aromatic N) is 2. The number of amides is 1. The second-order valence-electron chi connectivity index (χ2n) is 3.52. The maximum atomic E-state index is 11.6. The van der Waals surface area contributed by atoms with Crippen LogP contribution in [0.1, 0.15) is 5.56 Å². The summed E-state index contributed by atoms with van der Waals surface area (Å²) in [7, 11) is 0. The number of benzene rings is 1. The van der Waals surface area contributed by atoms with Crippen molar-refractivity contribution in [3.8, 4) is 6.07 Å². The Hall–Kier alpha value is -2.94. The molecule has 1 N–H and O–H groups in total. The third kappa shape index (κ3) is 4.09. The van der Waals surface area contributed by atoms with Crippen molar-refractivity contribution in [1.82, 2.24) is 5.32 Å². The van der Waals surface area contributed by atoms with Crippen LogP contribution in [0.3, 0.4) is 0 Å². The van der Waals surface area contributed by atoms with Crippen LogP contribution in [0.15, 0.2) is 42.5 Å². The van der Waals surface area contributed by atoms with Crippen LogP contribution in [0.5, 0.6) is 0 Å². The molecule has 0 radical (unpaired) electrons. The predicted octanol–water partition coefficient (Wildman–Crippen LogP) is 1.80. The lowest BCUT2D eigenvalue weighted by Crippen LogP contribution is -2.24. The predicted molar refractivity (Wildman–Crippen MR) is 69.9 cm³/mol. The zero-order valence-corrected chi connectivity index (χ0v) is 10.00. The number of carbonyl (C=O) groups is 1. The summed E-state index contributed by atoms with van der Waals surface area (Å²) in [5, 5.41) is 21.8. The van der Waals surface area contributed by atoms with Crippen LogP contribution in [-0.4, -0.2) is 17.4 Å². The molecule has 1 rings (SSSR count). The lowest BCUT2D eigenvalue weighted by molar-refractivity contribution is -0.384. The van der Waals surface area contributed by atoms with Crippen molar-refractivity contribution in [2.45, 2.75) is 0 Å². The molecule has 96 valence electrons. The third-order valence-corrected chi connectivity index (χ3v) is 2.19. The van der Waals surface area contributed by atoms with E-state index in [0.29, 0.717) is 5.56 Å². The first-order valence-corrected chi connectivity index (χ1v) is 5.34. The van der Waals surface area contributed by atoms with E-state index in [4.69, 9.17) is 5.26 Å². The monoisotopic (exact) mass is 257 g/mol. The highest BCUT2D eigenvalue weighted by molar-refractivity contribution is 6.01. The molecule has 0 aliphatic rings. The van der Waals surface area contributed by atoms with Gasteiger partial charge < -0.3 is 5.32 Å². The van der Waals surface area contributed by atoms with Crippen molar-refractivity contribution in [3.63, 3.8) is 0 Å². The Bertz CT molecular complexity index is 568. The van der Waals surface area contributed by atoms with Gasteiger partial charge in [-0.25, -0.2) is 0 Å². The molecule has 0 heterocycles. The van der Waals surface area contributed by atoms with E-state index in [1.807, 2.05) is 0 Å². The first-order chi connectivity index (χ1) is 9.08. The number of nitriles is 1. The van der Waals surface area contributed by atoms with Crippen molar-refractivity contribution in [2.24, 2.45) is 0 Å². The number of non-ortho nitro benzene ring substituents is 1. The van der Waals surface area contributed by atoms with Gasteiger partial charge in [-0.3, -0.25) is 14.9 Å². The van der Waals surface area contributed by atoms with Gasteiger partial charge in [-0.1, -0.05) is 6.08 Å². The van der Waals surface area contributed by atoms with Crippen LogP contribution >= 0.6 is 0 Å². The Morgan fingerprint density at radius 3 is 2.58 bits per heavy atom. The van der Waals surface area contributed by atoms with Gasteiger partial charge >= 0.3 is 0 Å². The molecule has 1 aromatic carbocycles. The normalized spacial score (nSPS) is 10.4. The summed E-state index contributed by atoms with van der Waals surface area (Å²) in [5.74, 6) is -0.513. The van der Waals surface area contributed by atoms with Crippen LogP contribution < -0.4 is 5.32 Å². The minimum Gasteiger partial charge on any atom is -0.348 e. The molecule has 0 saturated carbocycles. The standard InChI is InChI=1S/C13H11N3O3/c1-2-7-15-13(17)11(9-14)8-10-3-5-12(6-4-10)16(18)19/h2-6,8H,1,7H2,(H,15,17)/b11-8-. The van der Waals surface area contributed by atoms with Crippen molar-refractivity contribution < 1.29 is 9.72 Å². The van der Waals surface area contributed by atoms with Crippen LogP contribution in [0.2, 0.25) is 0 Å². The first kappa shape index (κ1) is 14.1. The molecule has 0 aliphatic heterocycles. The van der Waals surface area contributed by atoms with Crippen LogP contribution in [0.4, 0.5) is 5.69 Å². The largest absolute Gasteiger partial charge is 0.348 e. The van der Waals surface area contributed by atoms with Gasteiger partial charge in [0.2, 0.25) is 0 Å². The molecule has 0 saturated heterocycles. The lowest BCUT2D eigenvalue weighted by atomic mass is 10.1. The van der Waals surface area contributed by atoms with Gasteiger partial charge in [0.25, 0.3) is 11.6 Å². The second-order valence-corrected chi connectivity index (χ2v) is 3.52. The molecule has 0 spiro atoms. The molecule has 0 unspecified atom stereocenters. The number of hydrogen-bond acceptors (Lipinski definition) is 4. The fraction of sp³-hybridized carbons (Fsp3) is 0.0769. The van der Waals surface area contributed by atoms with Gasteiger partial charge in [0, 0.05) is 18.7 Å². The average Bonchev–Trinajstić information content (AvgIpc) is 2.42. The second kappa shape index (κ2) is 6.71. The fourth-order valence-electron chi connectivity index (χ4n) is 1.27. The Morgan fingerprint density at radius 1 is 1.47 bits per heavy atom. The summed E-state index contributed by atoms with van der Waals surface area (Å²) in [6.07, 6.45) is 2.86. The van der Waals surface area contributed by atoms with E-state index < -0.39 is 10.8 Å². The number of hydrogen-bond donors (Lipinski definition) is 1. The highest BCUT2D eigenvalue weighted by Crippen LogP contribution is 2.14. The maximum absolute atomic E-state index is 11.6. The minimum absolute atomic E-state index is 0.0493. The highest BCUT2D eigenvalue weighted by atomic mass is 16.6. The summed E-state index contributed by atoms with van der Waals surface area (Å²) >= 11 is 0. The molecular weight excluding hydrogens is 246 g/mol. The molecule has 0 bridgehead atoms. The topological polar surface area (TPSA) is 96.0 Å². The van der Waals surface area contributed by atoms with Gasteiger partial charge in [0.05, 0.1) is 4.92 Å². The third-order valence-electron chi connectivity index (χ3n) is 2.19. The summed E-state index contributed by atoms with van der Waals surface area (Å²) in [5.41, 5.74) is 0.415. The molecular formula is C13H11N3O3. The van der Waals surface area contributed by atoms with Gasteiger partial charge in [0.15, 0.2) is 0 Å². The van der Waals surface area contributed by atoms with E-state index in [1.165, 1.54) is 36.4 Å². The highest BCUT2D eigenvalue weighted by Gasteiger charge is 2.08. The molecule has 19 heavy (non-hydrogen) atoms. The van der Waals surface area contributed by atoms with Gasteiger partial charge in [-0.05, 0) is 23.8 Å². The van der Waals surface area contributed by atoms with Crippen molar-refractivity contribution >= 4 is 17.7 Å². The number of nitrogens with one attached hydrogen (secondary N) is 1. The van der Waals surface area contributed by atoms with Crippen LogP contribution in [0.25, 0.3) is 6.08 Å². The number of nitro groups is 1. The number of nitro benzene ring substituents is 1. The SMILES string of the molecule is C=CCNC(=O)/C(C#N)=C\c1ccc([N+](=O)[O-])cc1. The molecule has 0 fully saturated rings. The van der Waals surface area contributed by atoms with Crippen LogP contribution in [0, 0.1) is 21.4 Å². The zero-order chi connectivity index (χ0) is 14.3. The molecule has 0 aliphatic carbocycles. The van der Waals surface area contributed by atoms with E-state index in [9.17, 15) is 14.9 Å². The average molecular weight is 257 g/mol. The number of rotatable bonds is 5. The summed E-state index contributed by atoms with van der Waals surface area (Å²) in [6.45, 7) is 3.71.